The first kappa shape index (κ1) is 10.1. The van der Waals surface area contributed by atoms with Gasteiger partial charge in [-0.25, -0.2) is 0 Å². The molecule has 0 N–H and O–H groups in total. The highest BCUT2D eigenvalue weighted by atomic mass is 127. The molecule has 2 aromatic rings. The van der Waals surface area contributed by atoms with Gasteiger partial charge in [0.15, 0.2) is 0 Å². The van der Waals surface area contributed by atoms with E-state index in [-0.39, 0.29) is 0 Å². The number of aryl methyl sites for hydroxylation is 1. The highest BCUT2D eigenvalue weighted by Crippen LogP contribution is 2.36. The molecule has 0 aliphatic carbocycles. The second kappa shape index (κ2) is 4.06. The first-order valence-electron chi connectivity index (χ1n) is 4.51. The largest absolute Gasteiger partial charge is 0.411 e. The molecule has 0 radical (unpaired) electrons. The van der Waals surface area contributed by atoms with E-state index in [1.54, 1.807) is 11.3 Å². The Kier molecular flexibility index (Phi) is 2.73. The van der Waals surface area contributed by atoms with Crippen LogP contribution in [0.2, 0.25) is 0 Å². The van der Waals surface area contributed by atoms with Crippen LogP contribution in [0.3, 0.4) is 0 Å². The second-order valence-electron chi connectivity index (χ2n) is 3.22. The zero-order valence-electron chi connectivity index (χ0n) is 7.70. The molecule has 0 amide bonds. The average Bonchev–Trinajstić information content (AvgIpc) is 2.82. The Balaban J connectivity index is 2.02. The summed E-state index contributed by atoms with van der Waals surface area (Å²) in [7, 11) is 0. The van der Waals surface area contributed by atoms with Gasteiger partial charge in [0.2, 0.25) is 0 Å². The van der Waals surface area contributed by atoms with Crippen molar-refractivity contribution in [2.24, 2.45) is 0 Å². The molecule has 2 aromatic heterocycles. The van der Waals surface area contributed by atoms with Crippen LogP contribution in [-0.2, 0) is 12.2 Å². The summed E-state index contributed by atoms with van der Waals surface area (Å²) < 4.78 is 6.02. The molecule has 0 atom stereocenters. The van der Waals surface area contributed by atoms with Gasteiger partial charge in [0.05, 0.1) is 4.88 Å². The van der Waals surface area contributed by atoms with Gasteiger partial charge < -0.3 is 4.42 Å². The highest BCUT2D eigenvalue weighted by molar-refractivity contribution is 14.1. The van der Waals surface area contributed by atoms with E-state index in [1.165, 1.54) is 22.6 Å². The summed E-state index contributed by atoms with van der Waals surface area (Å²) in [4.78, 5) is 2.59. The first-order valence-corrected chi connectivity index (χ1v) is 7.56. The Morgan fingerprint density at radius 1 is 1.40 bits per heavy atom. The van der Waals surface area contributed by atoms with Gasteiger partial charge >= 0.3 is 0 Å². The average molecular weight is 350 g/mol. The van der Waals surface area contributed by atoms with Crippen molar-refractivity contribution in [1.82, 2.24) is 10.2 Å². The number of hydrogen-bond acceptors (Lipinski definition) is 5. The molecule has 3 nitrogen and oxygen atoms in total. The lowest BCUT2D eigenvalue weighted by atomic mass is 10.2. The minimum Gasteiger partial charge on any atom is -0.411 e. The lowest BCUT2D eigenvalue weighted by Gasteiger charge is -2.08. The summed E-state index contributed by atoms with van der Waals surface area (Å²) in [5, 5.41) is 7.88. The maximum Gasteiger partial charge on any atom is 0.278 e. The minimum absolute atomic E-state index is 0.600. The van der Waals surface area contributed by atoms with Crippen LogP contribution in [0.1, 0.15) is 10.4 Å². The number of rotatable bonds is 1. The number of fused-ring (bicyclic) bond motifs is 1. The lowest BCUT2D eigenvalue weighted by molar-refractivity contribution is 0.538. The molecule has 15 heavy (non-hydrogen) atoms. The van der Waals surface area contributed by atoms with Gasteiger partial charge in [0.25, 0.3) is 9.79 Å². The van der Waals surface area contributed by atoms with E-state index in [2.05, 4.69) is 16.3 Å². The van der Waals surface area contributed by atoms with Gasteiger partial charge in [-0.05, 0) is 23.8 Å². The van der Waals surface area contributed by atoms with Gasteiger partial charge in [-0.1, -0.05) is 0 Å². The number of aromatic nitrogens is 2. The molecule has 0 spiro atoms. The van der Waals surface area contributed by atoms with E-state index in [0.717, 1.165) is 10.6 Å². The second-order valence-corrected chi connectivity index (χ2v) is 6.39. The van der Waals surface area contributed by atoms with E-state index in [9.17, 15) is 0 Å². The van der Waals surface area contributed by atoms with Gasteiger partial charge in [-0.3, -0.25) is 0 Å². The smallest absolute Gasteiger partial charge is 0.278 e. The third kappa shape index (κ3) is 1.94. The van der Waals surface area contributed by atoms with Crippen molar-refractivity contribution in [2.75, 3.05) is 5.75 Å². The molecule has 1 aliphatic rings. The monoisotopic (exact) mass is 350 g/mol. The summed E-state index contributed by atoms with van der Waals surface area (Å²) >= 11 is 5.81. The molecule has 0 fully saturated rings. The van der Waals surface area contributed by atoms with E-state index < -0.39 is 0 Å². The Morgan fingerprint density at radius 3 is 3.07 bits per heavy atom. The number of nitrogens with zero attached hydrogens (tertiary/aromatic N) is 2. The maximum atomic E-state index is 5.42. The summed E-state index contributed by atoms with van der Waals surface area (Å²) in [5.41, 5.74) is 1.44. The van der Waals surface area contributed by atoms with Crippen molar-refractivity contribution < 1.29 is 4.42 Å². The van der Waals surface area contributed by atoms with Crippen LogP contribution >= 0.6 is 45.7 Å². The van der Waals surface area contributed by atoms with Crippen molar-refractivity contribution >= 4 is 45.7 Å². The number of thioether (sulfide) groups is 1. The van der Waals surface area contributed by atoms with Crippen LogP contribution in [0.25, 0.3) is 10.8 Å². The molecule has 3 rings (SSSR count). The molecule has 0 unspecified atom stereocenters. The lowest BCUT2D eigenvalue weighted by Crippen LogP contribution is -1.96. The van der Waals surface area contributed by atoms with Crippen LogP contribution < -0.4 is 0 Å². The fourth-order valence-corrected chi connectivity index (χ4v) is 4.17. The Labute approximate surface area is 109 Å². The molecule has 1 aliphatic heterocycles. The summed E-state index contributed by atoms with van der Waals surface area (Å²) in [5.74, 6) is 3.01. The van der Waals surface area contributed by atoms with E-state index in [4.69, 9.17) is 4.42 Å². The van der Waals surface area contributed by atoms with Crippen LogP contribution in [0.4, 0.5) is 0 Å². The highest BCUT2D eigenvalue weighted by Gasteiger charge is 2.17. The van der Waals surface area contributed by atoms with Gasteiger partial charge in [0.1, 0.15) is 0 Å². The summed E-state index contributed by atoms with van der Waals surface area (Å²) in [6.07, 6.45) is 1.18. The summed E-state index contributed by atoms with van der Waals surface area (Å²) in [6, 6.07) is 2.19. The molecule has 3 heterocycles. The van der Waals surface area contributed by atoms with Crippen molar-refractivity contribution in [3.8, 4) is 10.8 Å². The van der Waals surface area contributed by atoms with Crippen LogP contribution in [-0.4, -0.2) is 16.0 Å². The fourth-order valence-electron chi connectivity index (χ4n) is 1.56. The predicted molar refractivity (Wildman–Crippen MR) is 70.2 cm³/mol. The van der Waals surface area contributed by atoms with Crippen molar-refractivity contribution in [1.29, 1.82) is 0 Å². The molecule has 0 aromatic carbocycles. The molecule has 0 saturated carbocycles. The molecule has 6 heteroatoms. The first-order chi connectivity index (χ1) is 7.33. The normalized spacial score (nSPS) is 15.3. The topological polar surface area (TPSA) is 38.9 Å². The zero-order valence-corrected chi connectivity index (χ0v) is 11.5. The predicted octanol–water partition coefficient (Wildman–Crippen LogP) is 3.19. The Morgan fingerprint density at radius 2 is 2.33 bits per heavy atom. The van der Waals surface area contributed by atoms with Gasteiger partial charge in [0, 0.05) is 33.2 Å². The van der Waals surface area contributed by atoms with Crippen LogP contribution in [0.15, 0.2) is 10.5 Å². The van der Waals surface area contributed by atoms with Crippen molar-refractivity contribution in [3.63, 3.8) is 0 Å². The molecular formula is C9H7IN2OS2. The maximum absolute atomic E-state index is 5.42. The van der Waals surface area contributed by atoms with E-state index in [1.807, 2.05) is 34.4 Å². The number of halogens is 1. The Bertz CT molecular complexity index is 471. The number of thiophene rings is 1. The van der Waals surface area contributed by atoms with E-state index in [0.29, 0.717) is 9.79 Å². The van der Waals surface area contributed by atoms with Crippen molar-refractivity contribution in [2.45, 2.75) is 12.2 Å². The van der Waals surface area contributed by atoms with Gasteiger partial charge in [-0.15, -0.1) is 21.5 Å². The zero-order chi connectivity index (χ0) is 10.3. The third-order valence-electron chi connectivity index (χ3n) is 2.24. The standard InChI is InChI=1S/C9H7IN2OS2/c10-9-12-11-8(13-9)7-3-5-4-14-2-1-6(5)15-7/h3H,1-2,4H2. The SMILES string of the molecule is Ic1nnc(-c2cc3c(s2)CCSC3)o1. The molecule has 78 valence electrons. The fraction of sp³-hybridized carbons (Fsp3) is 0.333. The summed E-state index contributed by atoms with van der Waals surface area (Å²) in [6.45, 7) is 0. The minimum atomic E-state index is 0.600. The number of hydrogen-bond donors (Lipinski definition) is 0. The third-order valence-corrected chi connectivity index (χ3v) is 4.91. The molecular weight excluding hydrogens is 343 g/mol. The van der Waals surface area contributed by atoms with Crippen molar-refractivity contribution in [3.05, 3.63) is 20.4 Å². The molecule has 0 bridgehead atoms. The Hall–Kier alpha value is -0.0800. The van der Waals surface area contributed by atoms with Gasteiger partial charge in [-0.2, -0.15) is 11.8 Å². The quantitative estimate of drug-likeness (QED) is 0.741. The van der Waals surface area contributed by atoms with Crippen LogP contribution in [0, 0.1) is 3.90 Å². The van der Waals surface area contributed by atoms with E-state index >= 15 is 0 Å². The molecule has 0 saturated heterocycles. The van der Waals surface area contributed by atoms with Crippen LogP contribution in [0.5, 0.6) is 0 Å².